The minimum absolute atomic E-state index is 0.190. The van der Waals surface area contributed by atoms with Gasteiger partial charge in [0.25, 0.3) is 5.91 Å². The van der Waals surface area contributed by atoms with Gasteiger partial charge in [0.05, 0.1) is 12.5 Å². The van der Waals surface area contributed by atoms with E-state index in [9.17, 15) is 18.8 Å². The summed E-state index contributed by atoms with van der Waals surface area (Å²) >= 11 is 0. The number of hydrogen-bond acceptors (Lipinski definition) is 3. The minimum atomic E-state index is -1.08. The van der Waals surface area contributed by atoms with Crippen LogP contribution in [0.4, 0.5) is 14.9 Å². The molecular weight excluding hydrogens is 353 g/mol. The standard InChI is InChI=1S/C19H18FN3O4/c20-14-5-1-12(2-6-14)16(11-17(24)25)22-18(26)13-3-7-15(8-4-13)23-10-9-21-19(23)27/h1-8,16H,9-11H2,(H,21,27)(H,22,26)(H,24,25). The van der Waals surface area contributed by atoms with Gasteiger partial charge in [-0.3, -0.25) is 14.5 Å². The van der Waals surface area contributed by atoms with E-state index in [4.69, 9.17) is 5.11 Å². The zero-order valence-electron chi connectivity index (χ0n) is 14.3. The predicted molar refractivity (Wildman–Crippen MR) is 96.0 cm³/mol. The van der Waals surface area contributed by atoms with Crippen LogP contribution in [0.15, 0.2) is 48.5 Å². The molecule has 0 aliphatic carbocycles. The maximum absolute atomic E-state index is 13.1. The van der Waals surface area contributed by atoms with E-state index in [1.165, 1.54) is 24.3 Å². The molecule has 0 saturated carbocycles. The van der Waals surface area contributed by atoms with Crippen molar-refractivity contribution in [2.45, 2.75) is 12.5 Å². The van der Waals surface area contributed by atoms with Gasteiger partial charge in [0.2, 0.25) is 0 Å². The van der Waals surface area contributed by atoms with Gasteiger partial charge in [-0.2, -0.15) is 0 Å². The first kappa shape index (κ1) is 18.4. The van der Waals surface area contributed by atoms with Crippen molar-refractivity contribution in [1.29, 1.82) is 0 Å². The first-order valence-electron chi connectivity index (χ1n) is 8.37. The van der Waals surface area contributed by atoms with Gasteiger partial charge in [0.15, 0.2) is 0 Å². The van der Waals surface area contributed by atoms with E-state index in [0.717, 1.165) is 0 Å². The summed E-state index contributed by atoms with van der Waals surface area (Å²) in [5.74, 6) is -1.98. The van der Waals surface area contributed by atoms with Crippen molar-refractivity contribution in [3.05, 3.63) is 65.5 Å². The number of urea groups is 1. The summed E-state index contributed by atoms with van der Waals surface area (Å²) < 4.78 is 13.1. The summed E-state index contributed by atoms with van der Waals surface area (Å²) in [6, 6.07) is 10.8. The molecule has 27 heavy (non-hydrogen) atoms. The third-order valence-corrected chi connectivity index (χ3v) is 4.25. The number of amides is 3. The Bertz CT molecular complexity index is 852. The SMILES string of the molecule is O=C(O)CC(NC(=O)c1ccc(N2CCNC2=O)cc1)c1ccc(F)cc1. The number of carboxylic acid groups (broad SMARTS) is 1. The van der Waals surface area contributed by atoms with Crippen LogP contribution >= 0.6 is 0 Å². The molecule has 7 nitrogen and oxygen atoms in total. The zero-order chi connectivity index (χ0) is 19.4. The van der Waals surface area contributed by atoms with Crippen LogP contribution in [0, 0.1) is 5.82 Å². The Morgan fingerprint density at radius 3 is 2.37 bits per heavy atom. The van der Waals surface area contributed by atoms with Gasteiger partial charge in [-0.05, 0) is 42.0 Å². The van der Waals surface area contributed by atoms with Crippen molar-refractivity contribution in [2.24, 2.45) is 0 Å². The first-order chi connectivity index (χ1) is 12.9. The Morgan fingerprint density at radius 1 is 1.15 bits per heavy atom. The highest BCUT2D eigenvalue weighted by molar-refractivity contribution is 5.97. The maximum Gasteiger partial charge on any atom is 0.321 e. The van der Waals surface area contributed by atoms with Gasteiger partial charge in [-0.1, -0.05) is 12.1 Å². The summed E-state index contributed by atoms with van der Waals surface area (Å²) in [7, 11) is 0. The fourth-order valence-electron chi connectivity index (χ4n) is 2.87. The summed E-state index contributed by atoms with van der Waals surface area (Å²) in [4.78, 5) is 36.9. The molecule has 140 valence electrons. The lowest BCUT2D eigenvalue weighted by Gasteiger charge is -2.18. The Kier molecular flexibility index (Phi) is 5.35. The third-order valence-electron chi connectivity index (χ3n) is 4.25. The van der Waals surface area contributed by atoms with Crippen molar-refractivity contribution >= 4 is 23.6 Å². The van der Waals surface area contributed by atoms with E-state index in [-0.39, 0.29) is 12.5 Å². The first-order valence-corrected chi connectivity index (χ1v) is 8.37. The van der Waals surface area contributed by atoms with Gasteiger partial charge in [0, 0.05) is 24.3 Å². The fraction of sp³-hybridized carbons (Fsp3) is 0.211. The molecule has 1 atom stereocenters. The van der Waals surface area contributed by atoms with Crippen molar-refractivity contribution < 1.29 is 23.9 Å². The quantitative estimate of drug-likeness (QED) is 0.726. The predicted octanol–water partition coefficient (Wildman–Crippen LogP) is 2.30. The molecule has 0 spiro atoms. The molecular formula is C19H18FN3O4. The second-order valence-electron chi connectivity index (χ2n) is 6.11. The van der Waals surface area contributed by atoms with E-state index in [1.807, 2.05) is 0 Å². The highest BCUT2D eigenvalue weighted by Crippen LogP contribution is 2.20. The molecule has 8 heteroatoms. The average Bonchev–Trinajstić information content (AvgIpc) is 3.07. The normalized spacial score (nSPS) is 14.6. The Balaban J connectivity index is 1.74. The number of halogens is 1. The van der Waals surface area contributed by atoms with Gasteiger partial charge < -0.3 is 15.7 Å². The summed E-state index contributed by atoms with van der Waals surface area (Å²) in [5.41, 5.74) is 1.50. The van der Waals surface area contributed by atoms with Crippen LogP contribution in [-0.4, -0.2) is 36.1 Å². The number of rotatable bonds is 6. The van der Waals surface area contributed by atoms with E-state index < -0.39 is 23.7 Å². The number of carboxylic acids is 1. The molecule has 3 rings (SSSR count). The molecule has 3 amide bonds. The topological polar surface area (TPSA) is 98.7 Å². The van der Waals surface area contributed by atoms with Crippen molar-refractivity contribution in [2.75, 3.05) is 18.0 Å². The van der Waals surface area contributed by atoms with Gasteiger partial charge in [-0.25, -0.2) is 9.18 Å². The molecule has 1 aliphatic rings. The number of nitrogens with one attached hydrogen (secondary N) is 2. The molecule has 1 heterocycles. The maximum atomic E-state index is 13.1. The zero-order valence-corrected chi connectivity index (χ0v) is 14.3. The molecule has 2 aromatic rings. The highest BCUT2D eigenvalue weighted by atomic mass is 19.1. The van der Waals surface area contributed by atoms with Crippen molar-refractivity contribution in [3.8, 4) is 0 Å². The molecule has 3 N–H and O–H groups in total. The number of anilines is 1. The number of hydrogen-bond donors (Lipinski definition) is 3. The van der Waals surface area contributed by atoms with E-state index >= 15 is 0 Å². The van der Waals surface area contributed by atoms with Gasteiger partial charge in [0.1, 0.15) is 5.82 Å². The molecule has 1 saturated heterocycles. The van der Waals surface area contributed by atoms with Crippen LogP contribution in [-0.2, 0) is 4.79 Å². The van der Waals surface area contributed by atoms with E-state index in [1.54, 1.807) is 29.2 Å². The van der Waals surface area contributed by atoms with Crippen LogP contribution in [0.3, 0.4) is 0 Å². The molecule has 1 fully saturated rings. The number of carbonyl (C=O) groups is 3. The van der Waals surface area contributed by atoms with Crippen molar-refractivity contribution in [3.63, 3.8) is 0 Å². The van der Waals surface area contributed by atoms with Crippen LogP contribution in [0.2, 0.25) is 0 Å². The lowest BCUT2D eigenvalue weighted by atomic mass is 10.0. The summed E-state index contributed by atoms with van der Waals surface area (Å²) in [6.45, 7) is 1.12. The number of benzene rings is 2. The summed E-state index contributed by atoms with van der Waals surface area (Å²) in [5, 5.41) is 14.5. The molecule has 1 aliphatic heterocycles. The van der Waals surface area contributed by atoms with Crippen LogP contribution in [0.1, 0.15) is 28.4 Å². The molecule has 0 bridgehead atoms. The monoisotopic (exact) mass is 371 g/mol. The Morgan fingerprint density at radius 2 is 1.81 bits per heavy atom. The van der Waals surface area contributed by atoms with Crippen LogP contribution in [0.5, 0.6) is 0 Å². The van der Waals surface area contributed by atoms with Crippen LogP contribution < -0.4 is 15.5 Å². The minimum Gasteiger partial charge on any atom is -0.481 e. The highest BCUT2D eigenvalue weighted by Gasteiger charge is 2.22. The fourth-order valence-corrected chi connectivity index (χ4v) is 2.87. The van der Waals surface area contributed by atoms with Crippen LogP contribution in [0.25, 0.3) is 0 Å². The molecule has 1 unspecified atom stereocenters. The second-order valence-corrected chi connectivity index (χ2v) is 6.11. The Labute approximate surface area is 154 Å². The molecule has 0 radical (unpaired) electrons. The lowest BCUT2D eigenvalue weighted by Crippen LogP contribution is -2.30. The lowest BCUT2D eigenvalue weighted by molar-refractivity contribution is -0.137. The number of nitrogens with zero attached hydrogens (tertiary/aromatic N) is 1. The number of carbonyl (C=O) groups excluding carboxylic acids is 2. The largest absolute Gasteiger partial charge is 0.481 e. The van der Waals surface area contributed by atoms with E-state index in [2.05, 4.69) is 10.6 Å². The smallest absolute Gasteiger partial charge is 0.321 e. The number of aliphatic carboxylic acids is 1. The average molecular weight is 371 g/mol. The Hall–Kier alpha value is -3.42. The second kappa shape index (κ2) is 7.86. The molecule has 0 aromatic heterocycles. The van der Waals surface area contributed by atoms with Gasteiger partial charge >= 0.3 is 12.0 Å². The van der Waals surface area contributed by atoms with Gasteiger partial charge in [-0.15, -0.1) is 0 Å². The molecule has 2 aromatic carbocycles. The summed E-state index contributed by atoms with van der Waals surface area (Å²) in [6.07, 6.45) is -0.330. The van der Waals surface area contributed by atoms with Crippen molar-refractivity contribution in [1.82, 2.24) is 10.6 Å². The third kappa shape index (κ3) is 4.41. The van der Waals surface area contributed by atoms with E-state index in [0.29, 0.717) is 29.9 Å².